The summed E-state index contributed by atoms with van der Waals surface area (Å²) >= 11 is 5.82. The first-order valence-corrected chi connectivity index (χ1v) is 5.59. The smallest absolute Gasteiger partial charge is 0.149 e. The molecule has 0 aliphatic heterocycles. The minimum atomic E-state index is -0.575. The Kier molecular flexibility index (Phi) is 3.16. The van der Waals surface area contributed by atoms with E-state index in [-0.39, 0.29) is 16.1 Å². The number of rotatable bonds is 1. The minimum absolute atomic E-state index is 0.0440. The van der Waals surface area contributed by atoms with Crippen molar-refractivity contribution in [2.24, 2.45) is 0 Å². The fourth-order valence-corrected chi connectivity index (χ4v) is 1.86. The molecule has 0 fully saturated rings. The van der Waals surface area contributed by atoms with Crippen LogP contribution < -0.4 is 0 Å². The van der Waals surface area contributed by atoms with Gasteiger partial charge in [0.05, 0.1) is 5.02 Å². The summed E-state index contributed by atoms with van der Waals surface area (Å²) in [4.78, 5) is 0. The Hall–Kier alpha value is -1.41. The van der Waals surface area contributed by atoms with Crippen LogP contribution in [0.5, 0.6) is 0 Å². The molecule has 0 heterocycles. The Bertz CT molecular complexity index is 577. The molecule has 0 atom stereocenters. The summed E-state index contributed by atoms with van der Waals surface area (Å²) in [6.45, 7) is 3.49. The van der Waals surface area contributed by atoms with Crippen LogP contribution in [-0.2, 0) is 0 Å². The molecule has 88 valence electrons. The third-order valence-electron chi connectivity index (χ3n) is 2.69. The van der Waals surface area contributed by atoms with Gasteiger partial charge in [0.15, 0.2) is 0 Å². The quantitative estimate of drug-likeness (QED) is 0.677. The third kappa shape index (κ3) is 2.18. The molecule has 2 rings (SSSR count). The maximum Gasteiger partial charge on any atom is 0.149 e. The second-order valence-electron chi connectivity index (χ2n) is 4.04. The number of hydrogen-bond donors (Lipinski definition) is 0. The van der Waals surface area contributed by atoms with Crippen molar-refractivity contribution >= 4 is 11.6 Å². The van der Waals surface area contributed by atoms with Gasteiger partial charge >= 0.3 is 0 Å². The SMILES string of the molecule is Cc1ccc(-c2ccc(C)c(Cl)c2F)c(F)c1. The van der Waals surface area contributed by atoms with E-state index in [1.807, 2.05) is 0 Å². The standard InChI is InChI=1S/C14H11ClF2/c1-8-3-5-10(12(16)7-8)11-6-4-9(2)13(15)14(11)17/h3-7H,1-2H3. The summed E-state index contributed by atoms with van der Waals surface area (Å²) in [5.74, 6) is -1.02. The second-order valence-corrected chi connectivity index (χ2v) is 4.42. The number of aryl methyl sites for hydroxylation is 2. The first-order valence-electron chi connectivity index (χ1n) is 5.22. The van der Waals surface area contributed by atoms with E-state index in [0.717, 1.165) is 5.56 Å². The Morgan fingerprint density at radius 1 is 0.941 bits per heavy atom. The van der Waals surface area contributed by atoms with E-state index in [4.69, 9.17) is 11.6 Å². The summed E-state index contributed by atoms with van der Waals surface area (Å²) in [6, 6.07) is 7.91. The van der Waals surface area contributed by atoms with Crippen molar-refractivity contribution in [3.8, 4) is 11.1 Å². The summed E-state index contributed by atoms with van der Waals surface area (Å²) in [6.07, 6.45) is 0. The van der Waals surface area contributed by atoms with Crippen LogP contribution >= 0.6 is 11.6 Å². The number of benzene rings is 2. The molecule has 2 aromatic carbocycles. The highest BCUT2D eigenvalue weighted by molar-refractivity contribution is 6.31. The van der Waals surface area contributed by atoms with Crippen molar-refractivity contribution in [1.82, 2.24) is 0 Å². The fourth-order valence-electron chi connectivity index (χ4n) is 1.69. The van der Waals surface area contributed by atoms with E-state index in [0.29, 0.717) is 5.56 Å². The zero-order valence-corrected chi connectivity index (χ0v) is 10.3. The summed E-state index contributed by atoms with van der Waals surface area (Å²) in [5, 5.41) is 0.0440. The first-order chi connectivity index (χ1) is 8.00. The first kappa shape index (κ1) is 12.1. The fraction of sp³-hybridized carbons (Fsp3) is 0.143. The molecule has 0 saturated heterocycles. The molecule has 0 unspecified atom stereocenters. The van der Waals surface area contributed by atoms with E-state index in [1.165, 1.54) is 6.07 Å². The van der Waals surface area contributed by atoms with E-state index in [1.54, 1.807) is 38.1 Å². The maximum atomic E-state index is 13.9. The van der Waals surface area contributed by atoms with E-state index < -0.39 is 11.6 Å². The summed E-state index contributed by atoms with van der Waals surface area (Å²) in [7, 11) is 0. The second kappa shape index (κ2) is 4.46. The molecule has 0 saturated carbocycles. The predicted molar refractivity (Wildman–Crippen MR) is 66.3 cm³/mol. The van der Waals surface area contributed by atoms with Crippen LogP contribution in [0.4, 0.5) is 8.78 Å². The van der Waals surface area contributed by atoms with Crippen LogP contribution in [0, 0.1) is 25.5 Å². The van der Waals surface area contributed by atoms with Gasteiger partial charge in [0.1, 0.15) is 11.6 Å². The van der Waals surface area contributed by atoms with Crippen molar-refractivity contribution in [3.05, 3.63) is 58.1 Å². The van der Waals surface area contributed by atoms with Crippen molar-refractivity contribution in [2.45, 2.75) is 13.8 Å². The van der Waals surface area contributed by atoms with Crippen LogP contribution in [0.25, 0.3) is 11.1 Å². The molecule has 0 N–H and O–H groups in total. The Morgan fingerprint density at radius 2 is 1.59 bits per heavy atom. The van der Waals surface area contributed by atoms with Crippen LogP contribution in [0.3, 0.4) is 0 Å². The molecule has 17 heavy (non-hydrogen) atoms. The van der Waals surface area contributed by atoms with E-state index in [2.05, 4.69) is 0 Å². The highest BCUT2D eigenvalue weighted by Gasteiger charge is 2.14. The highest BCUT2D eigenvalue weighted by atomic mass is 35.5. The number of hydrogen-bond acceptors (Lipinski definition) is 0. The van der Waals surface area contributed by atoms with Crippen LogP contribution in [0.15, 0.2) is 30.3 Å². The molecule has 0 aromatic heterocycles. The molecule has 0 radical (unpaired) electrons. The molecule has 2 aromatic rings. The average Bonchev–Trinajstić information content (AvgIpc) is 2.28. The van der Waals surface area contributed by atoms with Gasteiger partial charge in [-0.05, 0) is 31.0 Å². The summed E-state index contributed by atoms with van der Waals surface area (Å²) < 4.78 is 27.7. The zero-order valence-electron chi connectivity index (χ0n) is 9.52. The van der Waals surface area contributed by atoms with Gasteiger partial charge in [-0.3, -0.25) is 0 Å². The normalized spacial score (nSPS) is 10.6. The lowest BCUT2D eigenvalue weighted by Gasteiger charge is -2.08. The van der Waals surface area contributed by atoms with Crippen molar-refractivity contribution in [2.75, 3.05) is 0 Å². The largest absolute Gasteiger partial charge is 0.206 e. The lowest BCUT2D eigenvalue weighted by Crippen LogP contribution is -1.92. The molecule has 0 spiro atoms. The van der Waals surface area contributed by atoms with Gasteiger partial charge in [0.2, 0.25) is 0 Å². The third-order valence-corrected chi connectivity index (χ3v) is 3.15. The predicted octanol–water partition coefficient (Wildman–Crippen LogP) is 4.90. The van der Waals surface area contributed by atoms with Gasteiger partial charge < -0.3 is 0 Å². The molecular weight excluding hydrogens is 242 g/mol. The number of halogens is 3. The maximum absolute atomic E-state index is 13.9. The van der Waals surface area contributed by atoms with Gasteiger partial charge in [-0.2, -0.15) is 0 Å². The van der Waals surface area contributed by atoms with Crippen LogP contribution in [0.1, 0.15) is 11.1 Å². The van der Waals surface area contributed by atoms with Crippen LogP contribution in [-0.4, -0.2) is 0 Å². The van der Waals surface area contributed by atoms with Gasteiger partial charge in [-0.15, -0.1) is 0 Å². The lowest BCUT2D eigenvalue weighted by atomic mass is 10.0. The van der Waals surface area contributed by atoms with Gasteiger partial charge in [-0.25, -0.2) is 8.78 Å². The van der Waals surface area contributed by atoms with Gasteiger partial charge in [0.25, 0.3) is 0 Å². The molecule has 0 amide bonds. The topological polar surface area (TPSA) is 0 Å². The lowest BCUT2D eigenvalue weighted by molar-refractivity contribution is 0.615. The molecule has 3 heteroatoms. The molecule has 0 aliphatic carbocycles. The zero-order chi connectivity index (χ0) is 12.6. The summed E-state index contributed by atoms with van der Waals surface area (Å²) in [5.41, 5.74) is 1.86. The molecular formula is C14H11ClF2. The molecule has 0 aliphatic rings. The van der Waals surface area contributed by atoms with E-state index in [9.17, 15) is 8.78 Å². The Labute approximate surface area is 104 Å². The van der Waals surface area contributed by atoms with Crippen LogP contribution in [0.2, 0.25) is 5.02 Å². The minimum Gasteiger partial charge on any atom is -0.206 e. The average molecular weight is 253 g/mol. The Morgan fingerprint density at radius 3 is 2.24 bits per heavy atom. The van der Waals surface area contributed by atoms with Crippen molar-refractivity contribution < 1.29 is 8.78 Å². The van der Waals surface area contributed by atoms with Crippen molar-refractivity contribution in [3.63, 3.8) is 0 Å². The van der Waals surface area contributed by atoms with Gasteiger partial charge in [-0.1, -0.05) is 35.9 Å². The van der Waals surface area contributed by atoms with Gasteiger partial charge in [0, 0.05) is 11.1 Å². The van der Waals surface area contributed by atoms with Crippen molar-refractivity contribution in [1.29, 1.82) is 0 Å². The molecule has 0 nitrogen and oxygen atoms in total. The highest BCUT2D eigenvalue weighted by Crippen LogP contribution is 2.31. The monoisotopic (exact) mass is 252 g/mol. The molecule has 0 bridgehead atoms. The van der Waals surface area contributed by atoms with E-state index >= 15 is 0 Å². The Balaban J connectivity index is 2.65.